The maximum atomic E-state index is 12.5. The smallest absolute Gasteiger partial charge is 0.341 e. The van der Waals surface area contributed by atoms with E-state index in [4.69, 9.17) is 22.1 Å². The van der Waals surface area contributed by atoms with Crippen molar-refractivity contribution in [2.45, 2.75) is 32.6 Å². The van der Waals surface area contributed by atoms with Crippen molar-refractivity contribution in [3.63, 3.8) is 0 Å². The highest BCUT2D eigenvalue weighted by Gasteiger charge is 2.26. The first-order valence-corrected chi connectivity index (χ1v) is 9.95. The first-order valence-electron chi connectivity index (χ1n) is 8.72. The summed E-state index contributed by atoms with van der Waals surface area (Å²) >= 11 is 6.91. The second-order valence-corrected chi connectivity index (χ2v) is 7.61. The number of carbonyl (C=O) groups excluding carboxylic acids is 1. The van der Waals surface area contributed by atoms with Crippen molar-refractivity contribution in [3.8, 4) is 0 Å². The predicted octanol–water partition coefficient (Wildman–Crippen LogP) is 4.31. The summed E-state index contributed by atoms with van der Waals surface area (Å²) in [5.74, 6) is -1.31. The normalized spacial score (nSPS) is 12.8. The summed E-state index contributed by atoms with van der Waals surface area (Å²) in [6.07, 6.45) is 4.02. The van der Waals surface area contributed by atoms with Crippen molar-refractivity contribution in [1.29, 1.82) is 0 Å². The molecule has 0 spiro atoms. The molecule has 3 N–H and O–H groups in total. The lowest BCUT2D eigenvalue weighted by Gasteiger charge is -2.13. The lowest BCUT2D eigenvalue weighted by atomic mass is 9.95. The maximum Gasteiger partial charge on any atom is 0.341 e. The summed E-state index contributed by atoms with van der Waals surface area (Å²) in [4.78, 5) is 24.6. The fourth-order valence-corrected chi connectivity index (χ4v) is 4.60. The van der Waals surface area contributed by atoms with Crippen LogP contribution in [0.3, 0.4) is 0 Å². The average molecular weight is 405 g/mol. The van der Waals surface area contributed by atoms with E-state index in [2.05, 4.69) is 10.6 Å². The zero-order chi connectivity index (χ0) is 19.4. The molecule has 142 valence electrons. The Morgan fingerprint density at radius 3 is 2.56 bits per heavy atom. The van der Waals surface area contributed by atoms with Crippen LogP contribution in [-0.2, 0) is 17.6 Å². The number of thiophene rings is 1. The van der Waals surface area contributed by atoms with E-state index in [0.717, 1.165) is 31.2 Å². The number of aromatic carboxylic acids is 1. The van der Waals surface area contributed by atoms with E-state index in [-0.39, 0.29) is 11.5 Å². The number of nitrogens with one attached hydrogen (secondary N) is 2. The van der Waals surface area contributed by atoms with Gasteiger partial charge in [-0.2, -0.15) is 0 Å². The molecule has 0 bridgehead atoms. The molecule has 0 unspecified atom stereocenters. The number of rotatable bonds is 5. The SMILES string of the molecule is CCOC(=O)c1c(NC(=S)Nc2ccc(C(=O)O)cc2)sc2c1CCCC2. The van der Waals surface area contributed by atoms with E-state index in [0.29, 0.717) is 28.0 Å². The van der Waals surface area contributed by atoms with Gasteiger partial charge in [0.25, 0.3) is 0 Å². The first kappa shape index (κ1) is 19.3. The molecule has 27 heavy (non-hydrogen) atoms. The second kappa shape index (κ2) is 8.49. The minimum Gasteiger partial charge on any atom is -0.478 e. The van der Waals surface area contributed by atoms with Crippen LogP contribution in [0.25, 0.3) is 0 Å². The third kappa shape index (κ3) is 4.45. The molecule has 0 fully saturated rings. The first-order chi connectivity index (χ1) is 13.0. The highest BCUT2D eigenvalue weighted by molar-refractivity contribution is 7.80. The Morgan fingerprint density at radius 2 is 1.89 bits per heavy atom. The predicted molar refractivity (Wildman–Crippen MR) is 110 cm³/mol. The van der Waals surface area contributed by atoms with Crippen molar-refractivity contribution in [2.75, 3.05) is 17.2 Å². The standard InChI is InChI=1S/C19H20N2O4S2/c1-2-25-18(24)15-13-5-3-4-6-14(13)27-16(15)21-19(26)20-12-9-7-11(8-10-12)17(22)23/h7-10H,2-6H2,1H3,(H,22,23)(H2,20,21,26). The summed E-state index contributed by atoms with van der Waals surface area (Å²) in [5, 5.41) is 16.1. The number of esters is 1. The Balaban J connectivity index is 1.77. The number of aryl methyl sites for hydroxylation is 1. The van der Waals surface area contributed by atoms with Gasteiger partial charge in [0.1, 0.15) is 5.00 Å². The molecule has 3 rings (SSSR count). The van der Waals surface area contributed by atoms with Crippen LogP contribution in [-0.4, -0.2) is 28.8 Å². The van der Waals surface area contributed by atoms with E-state index < -0.39 is 5.97 Å². The minimum absolute atomic E-state index is 0.204. The van der Waals surface area contributed by atoms with Gasteiger partial charge in [0.05, 0.1) is 17.7 Å². The molecule has 1 aliphatic carbocycles. The van der Waals surface area contributed by atoms with Crippen LogP contribution >= 0.6 is 23.6 Å². The van der Waals surface area contributed by atoms with Gasteiger partial charge in [-0.3, -0.25) is 0 Å². The number of thiocarbonyl (C=S) groups is 1. The number of hydrogen-bond donors (Lipinski definition) is 3. The van der Waals surface area contributed by atoms with Gasteiger partial charge in [-0.1, -0.05) is 0 Å². The average Bonchev–Trinajstić information content (AvgIpc) is 3.00. The number of ether oxygens (including phenoxy) is 1. The maximum absolute atomic E-state index is 12.5. The zero-order valence-electron chi connectivity index (χ0n) is 14.8. The van der Waals surface area contributed by atoms with Gasteiger partial charge in [-0.05, 0) is 74.7 Å². The summed E-state index contributed by atoms with van der Waals surface area (Å²) in [6, 6.07) is 6.29. The molecule has 0 aliphatic heterocycles. The number of fused-ring (bicyclic) bond motifs is 1. The number of carbonyl (C=O) groups is 2. The summed E-state index contributed by atoms with van der Waals surface area (Å²) in [6.45, 7) is 2.11. The Hall–Kier alpha value is -2.45. The van der Waals surface area contributed by atoms with Gasteiger partial charge in [-0.25, -0.2) is 9.59 Å². The molecule has 1 aromatic heterocycles. The van der Waals surface area contributed by atoms with Gasteiger partial charge >= 0.3 is 11.9 Å². The zero-order valence-corrected chi connectivity index (χ0v) is 16.5. The molecule has 0 saturated heterocycles. The van der Waals surface area contributed by atoms with Gasteiger partial charge < -0.3 is 20.5 Å². The second-order valence-electron chi connectivity index (χ2n) is 6.10. The highest BCUT2D eigenvalue weighted by Crippen LogP contribution is 2.38. The van der Waals surface area contributed by atoms with Crippen LogP contribution in [0, 0.1) is 0 Å². The summed E-state index contributed by atoms with van der Waals surface area (Å²) in [7, 11) is 0. The number of hydrogen-bond acceptors (Lipinski definition) is 5. The Kier molecular flexibility index (Phi) is 6.08. The monoisotopic (exact) mass is 404 g/mol. The molecule has 0 atom stereocenters. The Bertz CT molecular complexity index is 875. The number of carboxylic acid groups (broad SMARTS) is 1. The number of carboxylic acids is 1. The van der Waals surface area contributed by atoms with E-state index in [1.807, 2.05) is 0 Å². The van der Waals surface area contributed by atoms with Gasteiger partial charge in [0.15, 0.2) is 5.11 Å². The lowest BCUT2D eigenvalue weighted by molar-refractivity contribution is 0.0526. The molecule has 0 radical (unpaired) electrons. The van der Waals surface area contributed by atoms with Crippen LogP contribution in [0.5, 0.6) is 0 Å². The number of anilines is 2. The van der Waals surface area contributed by atoms with Crippen molar-refractivity contribution in [2.24, 2.45) is 0 Å². The fraction of sp³-hybridized carbons (Fsp3) is 0.316. The lowest BCUT2D eigenvalue weighted by Crippen LogP contribution is -2.20. The van der Waals surface area contributed by atoms with Crippen LogP contribution in [0.1, 0.15) is 50.9 Å². The topological polar surface area (TPSA) is 87.7 Å². The molecule has 1 aliphatic rings. The van der Waals surface area contributed by atoms with Crippen LogP contribution in [0.4, 0.5) is 10.7 Å². The summed E-state index contributed by atoms with van der Waals surface area (Å²) < 4.78 is 5.24. The molecule has 6 nitrogen and oxygen atoms in total. The van der Waals surface area contributed by atoms with Gasteiger partial charge in [0.2, 0.25) is 0 Å². The van der Waals surface area contributed by atoms with Gasteiger partial charge in [-0.15, -0.1) is 11.3 Å². The van der Waals surface area contributed by atoms with Crippen LogP contribution < -0.4 is 10.6 Å². The van der Waals surface area contributed by atoms with Crippen molar-refractivity contribution >= 4 is 51.3 Å². The minimum atomic E-state index is -0.981. The van der Waals surface area contributed by atoms with Crippen LogP contribution in [0.2, 0.25) is 0 Å². The van der Waals surface area contributed by atoms with Gasteiger partial charge in [0, 0.05) is 10.6 Å². The van der Waals surface area contributed by atoms with E-state index in [9.17, 15) is 9.59 Å². The summed E-state index contributed by atoms with van der Waals surface area (Å²) in [5.41, 5.74) is 2.52. The van der Waals surface area contributed by atoms with E-state index >= 15 is 0 Å². The van der Waals surface area contributed by atoms with Crippen molar-refractivity contribution in [3.05, 3.63) is 45.8 Å². The fourth-order valence-electron chi connectivity index (χ4n) is 3.03. The number of benzene rings is 1. The largest absolute Gasteiger partial charge is 0.478 e. The molecule has 2 aromatic rings. The van der Waals surface area contributed by atoms with Crippen molar-refractivity contribution < 1.29 is 19.4 Å². The molecule has 1 aromatic carbocycles. The Morgan fingerprint density at radius 1 is 1.19 bits per heavy atom. The van der Waals surface area contributed by atoms with Crippen LogP contribution in [0.15, 0.2) is 24.3 Å². The molecular formula is C19H20N2O4S2. The highest BCUT2D eigenvalue weighted by atomic mass is 32.1. The van der Waals surface area contributed by atoms with Crippen molar-refractivity contribution in [1.82, 2.24) is 0 Å². The third-order valence-electron chi connectivity index (χ3n) is 4.27. The molecule has 0 amide bonds. The van der Waals surface area contributed by atoms with E-state index in [1.54, 1.807) is 30.4 Å². The quantitative estimate of drug-likeness (QED) is 0.505. The third-order valence-corrected chi connectivity index (χ3v) is 5.68. The molecule has 0 saturated carbocycles. The Labute approximate surface area is 166 Å². The van der Waals surface area contributed by atoms with E-state index in [1.165, 1.54) is 17.0 Å². The molecular weight excluding hydrogens is 384 g/mol. The molecule has 8 heteroatoms. The molecule has 1 heterocycles.